The van der Waals surface area contributed by atoms with Gasteiger partial charge in [0.1, 0.15) is 5.41 Å². The quantitative estimate of drug-likeness (QED) is 0.764. The number of carbonyl (C=O) groups is 1. The van der Waals surface area contributed by atoms with Crippen LogP contribution in [0.25, 0.3) is 0 Å². The van der Waals surface area contributed by atoms with E-state index in [0.717, 1.165) is 11.1 Å². The van der Waals surface area contributed by atoms with Gasteiger partial charge in [-0.15, -0.1) is 0 Å². The number of likely N-dealkylation sites (N-methyl/N-ethyl adjacent to an activating group) is 1. The van der Waals surface area contributed by atoms with Crippen molar-refractivity contribution in [2.45, 2.75) is 18.8 Å². The maximum Gasteiger partial charge on any atom is 0.238 e. The summed E-state index contributed by atoms with van der Waals surface area (Å²) in [5.41, 5.74) is 0.420. The molecule has 2 saturated heterocycles. The number of hydrogen-bond acceptors (Lipinski definition) is 3. The van der Waals surface area contributed by atoms with Gasteiger partial charge < -0.3 is 9.64 Å². The van der Waals surface area contributed by atoms with Gasteiger partial charge in [-0.2, -0.15) is 0 Å². The molecule has 0 aromatic heterocycles. The van der Waals surface area contributed by atoms with E-state index in [-0.39, 0.29) is 18.9 Å². The molecule has 0 saturated carbocycles. The summed E-state index contributed by atoms with van der Waals surface area (Å²) in [5, 5.41) is 0. The fourth-order valence-electron chi connectivity index (χ4n) is 4.38. The van der Waals surface area contributed by atoms with Crippen LogP contribution in [0, 0.1) is 5.92 Å². The minimum atomic E-state index is -3.10. The molecule has 148 valence electrons. The number of benzene rings is 2. The number of likely N-dealkylation sites (tertiary alicyclic amines) is 1. The van der Waals surface area contributed by atoms with Crippen LogP contribution in [-0.4, -0.2) is 61.5 Å². The number of rotatable bonds is 6. The van der Waals surface area contributed by atoms with Crippen molar-refractivity contribution in [2.24, 2.45) is 5.92 Å². The molecule has 2 aliphatic rings. The Hall–Kier alpha value is -2.17. The lowest BCUT2D eigenvalue weighted by Crippen LogP contribution is -2.43. The Labute approximate surface area is 179 Å². The molecular weight excluding hydrogens is 348 g/mol. The predicted molar refractivity (Wildman–Crippen MR) is 111 cm³/mol. The normalized spacial score (nSPS) is 34.0. The van der Waals surface area contributed by atoms with Gasteiger partial charge in [0, 0.05) is 37.5 Å². The van der Waals surface area contributed by atoms with Crippen LogP contribution < -0.4 is 0 Å². The summed E-state index contributed by atoms with van der Waals surface area (Å²) in [6, 6.07) is 18.6. The molecule has 28 heavy (non-hydrogen) atoms. The zero-order valence-corrected chi connectivity index (χ0v) is 15.9. The molecule has 4 nitrogen and oxygen atoms in total. The van der Waals surface area contributed by atoms with E-state index in [1.807, 2.05) is 67.6 Å². The minimum absolute atomic E-state index is 0.106. The van der Waals surface area contributed by atoms with E-state index < -0.39 is 37.4 Å². The summed E-state index contributed by atoms with van der Waals surface area (Å²) >= 11 is 0. The van der Waals surface area contributed by atoms with E-state index >= 15 is 0 Å². The van der Waals surface area contributed by atoms with Crippen molar-refractivity contribution in [2.75, 3.05) is 45.7 Å². The maximum absolute atomic E-state index is 14.0. The fourth-order valence-corrected chi connectivity index (χ4v) is 4.38. The molecule has 0 N–H and O–H groups in total. The summed E-state index contributed by atoms with van der Waals surface area (Å²) in [7, 11) is 0. The van der Waals surface area contributed by atoms with Crippen LogP contribution in [0.2, 0.25) is 0 Å². The lowest BCUT2D eigenvalue weighted by Gasteiger charge is -2.36. The van der Waals surface area contributed by atoms with Gasteiger partial charge in [0.2, 0.25) is 5.91 Å². The number of hydrogen-bond donors (Lipinski definition) is 0. The van der Waals surface area contributed by atoms with E-state index in [1.165, 1.54) is 0 Å². The van der Waals surface area contributed by atoms with Crippen molar-refractivity contribution in [3.8, 4) is 0 Å². The molecule has 1 amide bonds. The number of morpholine rings is 1. The highest BCUT2D eigenvalue weighted by Gasteiger charge is 2.55. The van der Waals surface area contributed by atoms with Crippen molar-refractivity contribution in [1.82, 2.24) is 9.80 Å². The molecule has 0 radical (unpaired) electrons. The van der Waals surface area contributed by atoms with Gasteiger partial charge in [-0.25, -0.2) is 0 Å². The van der Waals surface area contributed by atoms with Crippen LogP contribution in [0.3, 0.4) is 0 Å². The lowest BCUT2D eigenvalue weighted by molar-refractivity contribution is -0.131. The minimum Gasteiger partial charge on any atom is -0.379 e. The molecule has 0 bridgehead atoms. The standard InChI is InChI=1S/C24H30N2O2/c1-2-26-19-22(13-14-25-15-17-28-18-16-25)24(23(26)27,20-9-5-3-6-10-20)21-11-7-4-8-12-21/h3-12,22H,2,13-19H2,1H3/t22-/m0/s1/i15D2,16D2,17D2,18D2. The zero-order chi connectivity index (χ0) is 26.6. The Morgan fingerprint density at radius 2 is 1.61 bits per heavy atom. The van der Waals surface area contributed by atoms with E-state index in [1.54, 1.807) is 4.90 Å². The second kappa shape index (κ2) is 8.46. The summed E-state index contributed by atoms with van der Waals surface area (Å²) in [6.07, 6.45) is 0.108. The Morgan fingerprint density at radius 1 is 1.04 bits per heavy atom. The van der Waals surface area contributed by atoms with E-state index in [0.29, 0.717) is 18.0 Å². The van der Waals surface area contributed by atoms with Crippen molar-refractivity contribution >= 4 is 5.91 Å². The monoisotopic (exact) mass is 386 g/mol. The molecule has 2 heterocycles. The molecule has 4 rings (SSSR count). The Morgan fingerprint density at radius 3 is 2.14 bits per heavy atom. The molecule has 4 heteroatoms. The van der Waals surface area contributed by atoms with Crippen LogP contribution >= 0.6 is 0 Å². The van der Waals surface area contributed by atoms with E-state index in [4.69, 9.17) is 11.0 Å². The Balaban J connectivity index is 1.80. The highest BCUT2D eigenvalue weighted by Crippen LogP contribution is 2.47. The third-order valence-corrected chi connectivity index (χ3v) is 5.68. The Bertz CT molecular complexity index is 1030. The topological polar surface area (TPSA) is 32.8 Å². The number of carbonyl (C=O) groups excluding carboxylic acids is 1. The van der Waals surface area contributed by atoms with Gasteiger partial charge in [-0.05, 0) is 31.0 Å². The van der Waals surface area contributed by atoms with E-state index in [2.05, 4.69) is 4.74 Å². The van der Waals surface area contributed by atoms with Crippen LogP contribution in [0.15, 0.2) is 60.7 Å². The van der Waals surface area contributed by atoms with Gasteiger partial charge in [-0.1, -0.05) is 60.7 Å². The summed E-state index contributed by atoms with van der Waals surface area (Å²) in [4.78, 5) is 16.3. The molecule has 2 aliphatic heterocycles. The molecule has 0 aliphatic carbocycles. The number of amides is 1. The first kappa shape index (κ1) is 11.7. The lowest BCUT2D eigenvalue weighted by atomic mass is 9.66. The highest BCUT2D eigenvalue weighted by atomic mass is 16.5. The smallest absolute Gasteiger partial charge is 0.238 e. The average Bonchev–Trinajstić information content (AvgIpc) is 3.10. The average molecular weight is 387 g/mol. The largest absolute Gasteiger partial charge is 0.379 e. The van der Waals surface area contributed by atoms with Crippen molar-refractivity contribution in [1.29, 1.82) is 0 Å². The number of nitrogens with zero attached hydrogens (tertiary/aromatic N) is 2. The fraction of sp³-hybridized carbons (Fsp3) is 0.458. The molecule has 1 atom stereocenters. The molecule has 0 spiro atoms. The van der Waals surface area contributed by atoms with Crippen LogP contribution in [0.1, 0.15) is 35.4 Å². The summed E-state index contributed by atoms with van der Waals surface area (Å²) in [5.74, 6) is -0.521. The van der Waals surface area contributed by atoms with Gasteiger partial charge >= 0.3 is 0 Å². The van der Waals surface area contributed by atoms with Crippen LogP contribution in [0.5, 0.6) is 0 Å². The predicted octanol–water partition coefficient (Wildman–Crippen LogP) is 3.17. The molecule has 0 unspecified atom stereocenters. The third kappa shape index (κ3) is 3.36. The first-order chi connectivity index (χ1) is 16.7. The van der Waals surface area contributed by atoms with E-state index in [9.17, 15) is 4.79 Å². The van der Waals surface area contributed by atoms with Gasteiger partial charge in [-0.3, -0.25) is 9.69 Å². The first-order valence-electron chi connectivity index (χ1n) is 13.6. The van der Waals surface area contributed by atoms with Gasteiger partial charge in [0.15, 0.2) is 0 Å². The second-order valence-electron chi connectivity index (χ2n) is 7.05. The van der Waals surface area contributed by atoms with Gasteiger partial charge in [0.05, 0.1) is 18.6 Å². The molecule has 2 fully saturated rings. The van der Waals surface area contributed by atoms with Crippen molar-refractivity contribution in [3.63, 3.8) is 0 Å². The first-order valence-corrected chi connectivity index (χ1v) is 9.62. The molecular formula is C24H30N2O2. The number of ether oxygens (including phenoxy) is 1. The Kier molecular flexibility index (Phi) is 3.55. The summed E-state index contributed by atoms with van der Waals surface area (Å²) < 4.78 is 69.9. The second-order valence-corrected chi connectivity index (χ2v) is 7.05. The maximum atomic E-state index is 14.0. The highest BCUT2D eigenvalue weighted by molar-refractivity contribution is 5.94. The zero-order valence-electron chi connectivity index (χ0n) is 23.9. The van der Waals surface area contributed by atoms with Crippen molar-refractivity contribution in [3.05, 3.63) is 71.8 Å². The third-order valence-electron chi connectivity index (χ3n) is 5.68. The SMILES string of the molecule is [2H]C1([2H])OC([2H])([2H])C([2H])([2H])N(CC[C@H]2CN(CC)C(=O)C2(c2ccccc2)c2ccccc2)C1([2H])[2H]. The van der Waals surface area contributed by atoms with Gasteiger partial charge in [0.25, 0.3) is 0 Å². The molecule has 2 aromatic carbocycles. The molecule has 2 aromatic rings. The summed E-state index contributed by atoms with van der Waals surface area (Å²) in [6.45, 7) is -9.77. The van der Waals surface area contributed by atoms with Crippen LogP contribution in [-0.2, 0) is 14.9 Å². The van der Waals surface area contributed by atoms with Crippen molar-refractivity contribution < 1.29 is 20.5 Å². The van der Waals surface area contributed by atoms with Crippen LogP contribution in [0.4, 0.5) is 0 Å².